The summed E-state index contributed by atoms with van der Waals surface area (Å²) in [5.41, 5.74) is 5.53. The highest BCUT2D eigenvalue weighted by Gasteiger charge is 2.25. The van der Waals surface area contributed by atoms with Gasteiger partial charge in [0.2, 0.25) is 0 Å². The zero-order valence-electron chi connectivity index (χ0n) is 16.7. The van der Waals surface area contributed by atoms with Gasteiger partial charge in [-0.25, -0.2) is 15.0 Å². The number of anilines is 2. The number of aliphatic hydroxyl groups is 1. The predicted molar refractivity (Wildman–Crippen MR) is 122 cm³/mol. The summed E-state index contributed by atoms with van der Waals surface area (Å²) >= 11 is 0. The Morgan fingerprint density at radius 3 is 2.74 bits per heavy atom. The topological polar surface area (TPSA) is 99.7 Å². The molecule has 5 rings (SSSR count). The number of rotatable bonds is 6. The average Bonchev–Trinajstić information content (AvgIpc) is 3.55. The van der Waals surface area contributed by atoms with Gasteiger partial charge in [0, 0.05) is 18.3 Å². The van der Waals surface area contributed by atoms with E-state index >= 15 is 0 Å². The summed E-state index contributed by atoms with van der Waals surface area (Å²) in [5.74, 6) is 1.87. The third-order valence-corrected chi connectivity index (χ3v) is 5.30. The van der Waals surface area contributed by atoms with Crippen LogP contribution in [-0.4, -0.2) is 31.2 Å². The molecule has 1 aliphatic carbocycles. The van der Waals surface area contributed by atoms with Gasteiger partial charge in [0.15, 0.2) is 0 Å². The summed E-state index contributed by atoms with van der Waals surface area (Å²) in [4.78, 5) is 13.6. The van der Waals surface area contributed by atoms with Crippen LogP contribution in [0.1, 0.15) is 29.9 Å². The number of nitriles is 1. The summed E-state index contributed by atoms with van der Waals surface area (Å²) in [6, 6.07) is 15.8. The fourth-order valence-corrected chi connectivity index (χ4v) is 3.62. The van der Waals surface area contributed by atoms with Gasteiger partial charge in [-0.15, -0.1) is 12.4 Å². The van der Waals surface area contributed by atoms with Crippen LogP contribution in [-0.2, 0) is 6.54 Å². The third-order valence-electron chi connectivity index (χ3n) is 5.30. The van der Waals surface area contributed by atoms with Crippen LogP contribution in [0.5, 0.6) is 0 Å². The van der Waals surface area contributed by atoms with Gasteiger partial charge < -0.3 is 15.0 Å². The first kappa shape index (κ1) is 20.8. The smallest absolute Gasteiger partial charge is 0.132 e. The Balaban J connectivity index is 0.00000231. The van der Waals surface area contributed by atoms with Gasteiger partial charge in [-0.3, -0.25) is 0 Å². The van der Waals surface area contributed by atoms with E-state index in [1.165, 1.54) is 18.4 Å². The number of fused-ring (bicyclic) bond motifs is 1. The first-order chi connectivity index (χ1) is 14.7. The van der Waals surface area contributed by atoms with Gasteiger partial charge >= 0.3 is 0 Å². The summed E-state index contributed by atoms with van der Waals surface area (Å²) in [7, 11) is 0. The van der Waals surface area contributed by atoms with E-state index in [1.54, 1.807) is 24.7 Å². The quantitative estimate of drug-likeness (QED) is 0.468. The molecule has 1 aromatic carbocycles. The highest BCUT2D eigenvalue weighted by molar-refractivity contribution is 5.85. The van der Waals surface area contributed by atoms with Crippen LogP contribution >= 0.6 is 12.4 Å². The van der Waals surface area contributed by atoms with E-state index in [1.807, 2.05) is 22.8 Å². The molecular formula is C23H21ClN6O. The van der Waals surface area contributed by atoms with Crippen molar-refractivity contribution in [2.75, 3.05) is 11.9 Å². The number of halogens is 1. The van der Waals surface area contributed by atoms with E-state index in [4.69, 9.17) is 10.2 Å². The van der Waals surface area contributed by atoms with Crippen LogP contribution in [0, 0.1) is 11.3 Å². The molecule has 7 nitrogen and oxygen atoms in total. The number of hydrogen-bond donors (Lipinski definition) is 2. The largest absolute Gasteiger partial charge is 0.395 e. The number of nitrogens with zero attached hydrogens (tertiary/aromatic N) is 5. The number of aromatic nitrogens is 4. The van der Waals surface area contributed by atoms with E-state index < -0.39 is 0 Å². The highest BCUT2D eigenvalue weighted by Crippen LogP contribution is 2.42. The number of benzene rings is 1. The van der Waals surface area contributed by atoms with E-state index in [0.29, 0.717) is 29.7 Å². The van der Waals surface area contributed by atoms with Crippen LogP contribution in [0.25, 0.3) is 22.3 Å². The average molecular weight is 433 g/mol. The molecule has 1 aliphatic rings. The first-order valence-electron chi connectivity index (χ1n) is 9.95. The lowest BCUT2D eigenvalue weighted by Crippen LogP contribution is -2.00. The highest BCUT2D eigenvalue weighted by atomic mass is 35.5. The van der Waals surface area contributed by atoms with E-state index in [2.05, 4.69) is 33.5 Å². The van der Waals surface area contributed by atoms with Crippen molar-refractivity contribution in [3.63, 3.8) is 0 Å². The molecule has 0 bridgehead atoms. The van der Waals surface area contributed by atoms with Crippen molar-refractivity contribution in [2.45, 2.75) is 25.3 Å². The lowest BCUT2D eigenvalue weighted by atomic mass is 10.1. The fourth-order valence-electron chi connectivity index (χ4n) is 3.62. The van der Waals surface area contributed by atoms with Crippen LogP contribution in [0.3, 0.4) is 0 Å². The summed E-state index contributed by atoms with van der Waals surface area (Å²) in [6.45, 7) is 0.600. The van der Waals surface area contributed by atoms with Gasteiger partial charge in [0.05, 0.1) is 41.3 Å². The van der Waals surface area contributed by atoms with Crippen molar-refractivity contribution in [3.05, 3.63) is 66.1 Å². The normalized spacial score (nSPS) is 12.9. The van der Waals surface area contributed by atoms with Gasteiger partial charge in [0.1, 0.15) is 11.6 Å². The molecule has 0 unspecified atom stereocenters. The number of nitrogens with one attached hydrogen (secondary N) is 1. The molecule has 3 aromatic heterocycles. The number of pyridine rings is 2. The molecule has 0 spiro atoms. The Morgan fingerprint density at radius 2 is 1.97 bits per heavy atom. The van der Waals surface area contributed by atoms with Crippen molar-refractivity contribution in [2.24, 2.45) is 0 Å². The SMILES string of the molecule is Cl.N#Cc1ccnc(Nc2cc(C3CC3)cc(-c3ccc4c(c3)ncn4CCO)n2)c1. The molecule has 0 atom stereocenters. The van der Waals surface area contributed by atoms with Crippen molar-refractivity contribution in [1.82, 2.24) is 19.5 Å². The Morgan fingerprint density at radius 1 is 1.10 bits per heavy atom. The molecule has 0 saturated heterocycles. The number of aliphatic hydroxyl groups excluding tert-OH is 1. The minimum Gasteiger partial charge on any atom is -0.395 e. The fraction of sp³-hybridized carbons (Fsp3) is 0.217. The molecule has 0 radical (unpaired) electrons. The van der Waals surface area contributed by atoms with Crippen molar-refractivity contribution in [1.29, 1.82) is 5.26 Å². The molecule has 2 N–H and O–H groups in total. The third kappa shape index (κ3) is 4.36. The van der Waals surface area contributed by atoms with E-state index in [-0.39, 0.29) is 19.0 Å². The van der Waals surface area contributed by atoms with Crippen molar-refractivity contribution in [3.8, 4) is 17.3 Å². The molecule has 31 heavy (non-hydrogen) atoms. The Labute approximate surface area is 185 Å². The molecular weight excluding hydrogens is 412 g/mol. The van der Waals surface area contributed by atoms with E-state index in [0.717, 1.165) is 22.3 Å². The van der Waals surface area contributed by atoms with Crippen molar-refractivity contribution < 1.29 is 5.11 Å². The second-order valence-electron chi connectivity index (χ2n) is 7.48. The maximum Gasteiger partial charge on any atom is 0.132 e. The van der Waals surface area contributed by atoms with Crippen LogP contribution in [0.2, 0.25) is 0 Å². The van der Waals surface area contributed by atoms with Crippen LogP contribution in [0.15, 0.2) is 55.0 Å². The summed E-state index contributed by atoms with van der Waals surface area (Å²) in [6.07, 6.45) is 5.74. The van der Waals surface area contributed by atoms with Gasteiger partial charge in [-0.1, -0.05) is 6.07 Å². The first-order valence-corrected chi connectivity index (χ1v) is 9.95. The maximum absolute atomic E-state index is 9.21. The molecule has 0 amide bonds. The standard InChI is InChI=1S/C23H20N6O.ClH/c24-13-15-5-6-25-22(9-15)28-23-12-18(16-1-2-16)11-19(27-23)17-3-4-21-20(10-17)26-14-29(21)7-8-30;/h3-6,9-12,14,16,30H,1-2,7-8H2,(H,25,27,28);1H. The van der Waals surface area contributed by atoms with E-state index in [9.17, 15) is 5.11 Å². The van der Waals surface area contributed by atoms with Crippen LogP contribution < -0.4 is 5.32 Å². The van der Waals surface area contributed by atoms with Crippen molar-refractivity contribution >= 4 is 35.1 Å². The molecule has 1 saturated carbocycles. The lowest BCUT2D eigenvalue weighted by molar-refractivity contribution is 0.278. The van der Waals surface area contributed by atoms with Crippen LogP contribution in [0.4, 0.5) is 11.6 Å². The molecule has 1 fully saturated rings. The zero-order valence-corrected chi connectivity index (χ0v) is 17.5. The molecule has 3 heterocycles. The maximum atomic E-state index is 9.21. The minimum absolute atomic E-state index is 0. The summed E-state index contributed by atoms with van der Waals surface area (Å²) in [5, 5.41) is 21.6. The number of hydrogen-bond acceptors (Lipinski definition) is 6. The zero-order chi connectivity index (χ0) is 20.5. The second-order valence-corrected chi connectivity index (χ2v) is 7.48. The molecule has 4 aromatic rings. The van der Waals surface area contributed by atoms with Gasteiger partial charge in [0.25, 0.3) is 0 Å². The predicted octanol–water partition coefficient (Wildman–Crippen LogP) is 4.40. The minimum atomic E-state index is 0. The molecule has 8 heteroatoms. The second kappa shape index (κ2) is 8.72. The molecule has 156 valence electrons. The monoisotopic (exact) mass is 432 g/mol. The molecule has 0 aliphatic heterocycles. The lowest BCUT2D eigenvalue weighted by Gasteiger charge is -2.11. The Kier molecular flexibility index (Phi) is 5.85. The Bertz CT molecular complexity index is 1270. The Hall–Kier alpha value is -3.47. The van der Waals surface area contributed by atoms with Gasteiger partial charge in [-0.2, -0.15) is 5.26 Å². The number of imidazole rings is 1. The summed E-state index contributed by atoms with van der Waals surface area (Å²) < 4.78 is 1.94. The van der Waals surface area contributed by atoms with Gasteiger partial charge in [-0.05, 0) is 60.7 Å².